The van der Waals surface area contributed by atoms with E-state index in [-0.39, 0.29) is 44.3 Å². The summed E-state index contributed by atoms with van der Waals surface area (Å²) < 4.78 is 29.9. The van der Waals surface area contributed by atoms with Gasteiger partial charge in [0.05, 0.1) is 25.9 Å². The molecular formula is C25H29NO10. The van der Waals surface area contributed by atoms with Gasteiger partial charge >= 0.3 is 24.2 Å². The molecule has 2 rings (SSSR count). The molecule has 0 unspecified atom stereocenters. The zero-order valence-corrected chi connectivity index (χ0v) is 20.3. The van der Waals surface area contributed by atoms with Crippen molar-refractivity contribution in [1.82, 2.24) is 5.32 Å². The lowest BCUT2D eigenvalue weighted by Gasteiger charge is -2.18. The summed E-state index contributed by atoms with van der Waals surface area (Å²) in [7, 11) is 1.25. The molecule has 1 N–H and O–H groups in total. The second-order valence-electron chi connectivity index (χ2n) is 7.09. The van der Waals surface area contributed by atoms with Gasteiger partial charge in [-0.15, -0.1) is 0 Å². The largest absolute Gasteiger partial charge is 0.513 e. The number of benzene rings is 2. The molecule has 0 aliphatic heterocycles. The Bertz CT molecular complexity index is 1020. The van der Waals surface area contributed by atoms with E-state index in [0.717, 1.165) is 0 Å². The van der Waals surface area contributed by atoms with Gasteiger partial charge in [0.15, 0.2) is 11.5 Å². The highest BCUT2D eigenvalue weighted by atomic mass is 16.7. The fourth-order valence-corrected chi connectivity index (χ4v) is 2.97. The van der Waals surface area contributed by atoms with Crippen LogP contribution >= 0.6 is 0 Å². The number of rotatable bonds is 12. The molecule has 0 heterocycles. The third-order valence-electron chi connectivity index (χ3n) is 4.58. The number of esters is 2. The van der Waals surface area contributed by atoms with Crippen LogP contribution in [0.2, 0.25) is 0 Å². The lowest BCUT2D eigenvalue weighted by Crippen LogP contribution is -2.41. The van der Waals surface area contributed by atoms with E-state index in [4.69, 9.17) is 28.4 Å². The molecule has 2 aromatic carbocycles. The maximum atomic E-state index is 12.3. The fourth-order valence-electron chi connectivity index (χ4n) is 2.97. The Labute approximate surface area is 208 Å². The quantitative estimate of drug-likeness (QED) is 0.198. The Morgan fingerprint density at radius 1 is 0.833 bits per heavy atom. The van der Waals surface area contributed by atoms with Gasteiger partial charge in [0.25, 0.3) is 0 Å². The van der Waals surface area contributed by atoms with Gasteiger partial charge < -0.3 is 33.7 Å². The van der Waals surface area contributed by atoms with Crippen molar-refractivity contribution in [3.05, 3.63) is 59.7 Å². The first-order chi connectivity index (χ1) is 17.4. The third-order valence-corrected chi connectivity index (χ3v) is 4.58. The summed E-state index contributed by atoms with van der Waals surface area (Å²) in [6, 6.07) is 12.1. The van der Waals surface area contributed by atoms with E-state index in [1.807, 2.05) is 0 Å². The minimum absolute atomic E-state index is 0.0186. The molecule has 0 fully saturated rings. The van der Waals surface area contributed by atoms with Gasteiger partial charge in [-0.2, -0.15) is 0 Å². The molecule has 0 aromatic heterocycles. The van der Waals surface area contributed by atoms with Crippen LogP contribution in [0.4, 0.5) is 9.59 Å². The van der Waals surface area contributed by atoms with Crippen LogP contribution in [0.25, 0.3) is 0 Å². The summed E-state index contributed by atoms with van der Waals surface area (Å²) in [5, 5.41) is 2.98. The maximum absolute atomic E-state index is 12.3. The molecule has 194 valence electrons. The van der Waals surface area contributed by atoms with E-state index >= 15 is 0 Å². The first-order valence-corrected chi connectivity index (χ1v) is 11.2. The van der Waals surface area contributed by atoms with Crippen LogP contribution in [-0.4, -0.2) is 63.8 Å². The number of hydrogen-bond donors (Lipinski definition) is 1. The SMILES string of the molecule is CCOC(=O)Oc1ccc(C[C@H](NCCOC(=O)c2ccccc2)C(=O)OC)cc1OC(=O)OCC. The second-order valence-corrected chi connectivity index (χ2v) is 7.09. The topological polar surface area (TPSA) is 136 Å². The summed E-state index contributed by atoms with van der Waals surface area (Å²) in [6.45, 7) is 3.59. The normalized spacial score (nSPS) is 11.1. The van der Waals surface area contributed by atoms with Crippen LogP contribution < -0.4 is 14.8 Å². The molecule has 2 aromatic rings. The van der Waals surface area contributed by atoms with E-state index < -0.39 is 30.3 Å². The predicted molar refractivity (Wildman–Crippen MR) is 126 cm³/mol. The molecule has 0 amide bonds. The molecule has 0 aliphatic carbocycles. The number of methoxy groups -OCH3 is 1. The van der Waals surface area contributed by atoms with Crippen molar-refractivity contribution < 1.29 is 47.6 Å². The molecule has 11 nitrogen and oxygen atoms in total. The maximum Gasteiger partial charge on any atom is 0.513 e. The van der Waals surface area contributed by atoms with E-state index in [0.29, 0.717) is 11.1 Å². The van der Waals surface area contributed by atoms with Crippen molar-refractivity contribution in [2.24, 2.45) is 0 Å². The van der Waals surface area contributed by atoms with Gasteiger partial charge in [0, 0.05) is 6.54 Å². The Morgan fingerprint density at radius 3 is 2.08 bits per heavy atom. The van der Waals surface area contributed by atoms with Crippen molar-refractivity contribution in [1.29, 1.82) is 0 Å². The van der Waals surface area contributed by atoms with Gasteiger partial charge in [-0.3, -0.25) is 4.79 Å². The zero-order valence-electron chi connectivity index (χ0n) is 20.3. The molecule has 1 atom stereocenters. The van der Waals surface area contributed by atoms with E-state index in [9.17, 15) is 19.2 Å². The fraction of sp³-hybridized carbons (Fsp3) is 0.360. The van der Waals surface area contributed by atoms with Crippen LogP contribution in [0.5, 0.6) is 11.5 Å². The van der Waals surface area contributed by atoms with E-state index in [1.54, 1.807) is 50.2 Å². The van der Waals surface area contributed by atoms with Crippen molar-refractivity contribution in [2.45, 2.75) is 26.3 Å². The van der Waals surface area contributed by atoms with Crippen molar-refractivity contribution >= 4 is 24.2 Å². The molecule has 0 aliphatic rings. The number of ether oxygens (including phenoxy) is 6. The van der Waals surface area contributed by atoms with Gasteiger partial charge in [0.2, 0.25) is 0 Å². The van der Waals surface area contributed by atoms with Crippen molar-refractivity contribution in [3.8, 4) is 11.5 Å². The predicted octanol–water partition coefficient (Wildman–Crippen LogP) is 3.29. The summed E-state index contributed by atoms with van der Waals surface area (Å²) in [4.78, 5) is 47.9. The van der Waals surface area contributed by atoms with Crippen molar-refractivity contribution in [3.63, 3.8) is 0 Å². The lowest BCUT2D eigenvalue weighted by molar-refractivity contribution is -0.143. The smallest absolute Gasteiger partial charge is 0.468 e. The Balaban J connectivity index is 2.07. The minimum Gasteiger partial charge on any atom is -0.468 e. The summed E-state index contributed by atoms with van der Waals surface area (Å²) in [5.74, 6) is -1.20. The second kappa shape index (κ2) is 15.0. The molecule has 0 saturated carbocycles. The monoisotopic (exact) mass is 503 g/mol. The Hall–Kier alpha value is -4.12. The Morgan fingerprint density at radius 2 is 1.47 bits per heavy atom. The van der Waals surface area contributed by atoms with Crippen LogP contribution in [0.3, 0.4) is 0 Å². The Kier molecular flexibility index (Phi) is 11.7. The van der Waals surface area contributed by atoms with Crippen LogP contribution in [0, 0.1) is 0 Å². The number of hydrogen-bond acceptors (Lipinski definition) is 11. The first kappa shape index (κ1) is 28.1. The van der Waals surface area contributed by atoms with Gasteiger partial charge in [0.1, 0.15) is 12.6 Å². The van der Waals surface area contributed by atoms with E-state index in [1.165, 1.54) is 19.2 Å². The van der Waals surface area contributed by atoms with Crippen LogP contribution in [0.1, 0.15) is 29.8 Å². The van der Waals surface area contributed by atoms with Crippen LogP contribution in [-0.2, 0) is 30.2 Å². The number of carbonyl (C=O) groups excluding carboxylic acids is 4. The summed E-state index contributed by atoms with van der Waals surface area (Å²) in [5.41, 5.74) is 0.968. The molecular weight excluding hydrogens is 474 g/mol. The highest BCUT2D eigenvalue weighted by Gasteiger charge is 2.22. The molecule has 0 radical (unpaired) electrons. The average molecular weight is 504 g/mol. The molecule has 11 heteroatoms. The molecule has 0 saturated heterocycles. The van der Waals surface area contributed by atoms with Gasteiger partial charge in [-0.05, 0) is 50.1 Å². The molecule has 0 spiro atoms. The molecule has 0 bridgehead atoms. The lowest BCUT2D eigenvalue weighted by atomic mass is 10.1. The third kappa shape index (κ3) is 9.26. The minimum atomic E-state index is -0.994. The highest BCUT2D eigenvalue weighted by molar-refractivity contribution is 5.89. The van der Waals surface area contributed by atoms with Crippen LogP contribution in [0.15, 0.2) is 48.5 Å². The highest BCUT2D eigenvalue weighted by Crippen LogP contribution is 2.30. The average Bonchev–Trinajstić information content (AvgIpc) is 2.87. The molecule has 36 heavy (non-hydrogen) atoms. The number of carbonyl (C=O) groups is 4. The summed E-state index contributed by atoms with van der Waals surface area (Å²) in [6.07, 6.45) is -1.85. The van der Waals surface area contributed by atoms with Gasteiger partial charge in [-0.25, -0.2) is 14.4 Å². The number of nitrogens with one attached hydrogen (secondary N) is 1. The van der Waals surface area contributed by atoms with Crippen molar-refractivity contribution in [2.75, 3.05) is 33.5 Å². The summed E-state index contributed by atoms with van der Waals surface area (Å²) >= 11 is 0. The van der Waals surface area contributed by atoms with Gasteiger partial charge in [-0.1, -0.05) is 24.3 Å². The van der Waals surface area contributed by atoms with E-state index in [2.05, 4.69) is 5.32 Å². The zero-order chi connectivity index (χ0) is 26.3. The standard InChI is InChI=1S/C25H29NO10/c1-4-32-24(29)35-20-12-11-17(16-21(20)36-25(30)33-5-2)15-19(23(28)31-3)26-13-14-34-22(27)18-9-7-6-8-10-18/h6-12,16,19,26H,4-5,13-15H2,1-3H3/t19-/m0/s1. The first-order valence-electron chi connectivity index (χ1n) is 11.2.